The van der Waals surface area contributed by atoms with Crippen molar-refractivity contribution in [3.8, 4) is 0 Å². The van der Waals surface area contributed by atoms with Crippen molar-refractivity contribution in [1.29, 1.82) is 0 Å². The van der Waals surface area contributed by atoms with E-state index < -0.39 is 35.8 Å². The minimum absolute atomic E-state index is 0.526. The highest BCUT2D eigenvalue weighted by Gasteiger charge is 2.41. The van der Waals surface area contributed by atoms with Gasteiger partial charge in [0.25, 0.3) is 5.56 Å². The van der Waals surface area contributed by atoms with Crippen LogP contribution in [-0.4, -0.2) is 38.1 Å². The lowest BCUT2D eigenvalue weighted by Gasteiger charge is -2.16. The van der Waals surface area contributed by atoms with E-state index in [2.05, 4.69) is 0 Å². The molecule has 1 aliphatic rings. The minimum Gasteiger partial charge on any atom is -0.388 e. The Bertz CT molecular complexity index is 493. The van der Waals surface area contributed by atoms with Crippen LogP contribution in [0.25, 0.3) is 0 Å². The second-order valence-corrected chi connectivity index (χ2v) is 3.73. The van der Waals surface area contributed by atoms with Crippen LogP contribution in [0.1, 0.15) is 13.2 Å². The molecule has 1 aliphatic heterocycles. The monoisotopic (exact) mass is 228 g/mol. The summed E-state index contributed by atoms with van der Waals surface area (Å²) < 4.78 is 6.27. The first kappa shape index (κ1) is 11.1. The van der Waals surface area contributed by atoms with Gasteiger partial charge in [-0.25, -0.2) is 4.79 Å². The van der Waals surface area contributed by atoms with Crippen LogP contribution >= 0.6 is 0 Å². The number of hydrogen-bond acceptors (Lipinski definition) is 5. The second kappa shape index (κ2) is 3.85. The highest BCUT2D eigenvalue weighted by atomic mass is 16.6. The first-order valence-electron chi connectivity index (χ1n) is 4.84. The van der Waals surface area contributed by atoms with Crippen LogP contribution in [0, 0.1) is 0 Å². The molecular formula is C9H12N2O5. The third kappa shape index (κ3) is 1.69. The van der Waals surface area contributed by atoms with Crippen LogP contribution in [-0.2, 0) is 4.74 Å². The number of hydrogen-bond donors (Lipinski definition) is 3. The highest BCUT2D eigenvalue weighted by Crippen LogP contribution is 2.27. The van der Waals surface area contributed by atoms with Gasteiger partial charge in [-0.05, 0) is 6.92 Å². The zero-order chi connectivity index (χ0) is 11.9. The molecule has 0 spiro atoms. The van der Waals surface area contributed by atoms with E-state index in [0.29, 0.717) is 0 Å². The van der Waals surface area contributed by atoms with Crippen molar-refractivity contribution in [3.05, 3.63) is 33.1 Å². The molecular weight excluding hydrogens is 216 g/mol. The summed E-state index contributed by atoms with van der Waals surface area (Å²) in [6.07, 6.45) is -2.57. The smallest absolute Gasteiger partial charge is 0.330 e. The van der Waals surface area contributed by atoms with Gasteiger partial charge in [-0.1, -0.05) is 0 Å². The largest absolute Gasteiger partial charge is 0.388 e. The summed E-state index contributed by atoms with van der Waals surface area (Å²) >= 11 is 0. The molecule has 0 saturated carbocycles. The van der Waals surface area contributed by atoms with E-state index in [9.17, 15) is 19.8 Å². The maximum atomic E-state index is 11.4. The van der Waals surface area contributed by atoms with E-state index >= 15 is 0 Å². The van der Waals surface area contributed by atoms with E-state index in [4.69, 9.17) is 4.74 Å². The molecule has 2 rings (SSSR count). The molecule has 2 heterocycles. The van der Waals surface area contributed by atoms with E-state index in [-0.39, 0.29) is 0 Å². The molecule has 0 aliphatic carbocycles. The summed E-state index contributed by atoms with van der Waals surface area (Å²) in [5.74, 6) is 0. The van der Waals surface area contributed by atoms with Gasteiger partial charge in [-0.15, -0.1) is 0 Å². The maximum absolute atomic E-state index is 11.4. The summed E-state index contributed by atoms with van der Waals surface area (Å²) in [6.45, 7) is 1.59. The molecule has 0 bridgehead atoms. The zero-order valence-corrected chi connectivity index (χ0v) is 8.53. The first-order chi connectivity index (χ1) is 7.50. The first-order valence-corrected chi connectivity index (χ1v) is 4.84. The average molecular weight is 228 g/mol. The third-order valence-electron chi connectivity index (χ3n) is 2.60. The number of nitrogens with one attached hydrogen (secondary N) is 1. The molecule has 4 unspecified atom stereocenters. The Labute approximate surface area is 89.9 Å². The van der Waals surface area contributed by atoms with Crippen molar-refractivity contribution >= 4 is 0 Å². The molecule has 3 N–H and O–H groups in total. The average Bonchev–Trinajstić information content (AvgIpc) is 2.46. The van der Waals surface area contributed by atoms with Crippen molar-refractivity contribution in [2.24, 2.45) is 0 Å². The van der Waals surface area contributed by atoms with E-state index in [1.54, 1.807) is 6.92 Å². The van der Waals surface area contributed by atoms with Crippen molar-refractivity contribution in [3.63, 3.8) is 0 Å². The van der Waals surface area contributed by atoms with E-state index in [1.807, 2.05) is 4.98 Å². The van der Waals surface area contributed by atoms with E-state index in [0.717, 1.165) is 10.6 Å². The Morgan fingerprint density at radius 2 is 2.06 bits per heavy atom. The topological polar surface area (TPSA) is 105 Å². The van der Waals surface area contributed by atoms with Crippen LogP contribution in [0.15, 0.2) is 21.9 Å². The lowest BCUT2D eigenvalue weighted by atomic mass is 10.1. The van der Waals surface area contributed by atoms with E-state index in [1.165, 1.54) is 6.20 Å². The number of nitrogens with zero attached hydrogens (tertiary/aromatic N) is 1. The summed E-state index contributed by atoms with van der Waals surface area (Å²) in [7, 11) is 0. The molecule has 0 amide bonds. The van der Waals surface area contributed by atoms with Gasteiger partial charge in [-0.2, -0.15) is 0 Å². The Balaban J connectivity index is 2.39. The molecule has 7 nitrogen and oxygen atoms in total. The number of aliphatic hydroxyl groups is 2. The fraction of sp³-hybridized carbons (Fsp3) is 0.556. The Kier molecular flexibility index (Phi) is 2.66. The number of ether oxygens (including phenoxy) is 1. The van der Waals surface area contributed by atoms with Gasteiger partial charge in [0.05, 0.1) is 6.10 Å². The molecule has 1 fully saturated rings. The molecule has 1 aromatic heterocycles. The lowest BCUT2D eigenvalue weighted by Crippen LogP contribution is -2.37. The van der Waals surface area contributed by atoms with Crippen molar-refractivity contribution < 1.29 is 14.9 Å². The third-order valence-corrected chi connectivity index (χ3v) is 2.60. The SMILES string of the molecule is CC1OC(n2ccc(=O)[nH]c2=O)C(O)C1O. The number of aliphatic hydroxyl groups excluding tert-OH is 2. The summed E-state index contributed by atoms with van der Waals surface area (Å²) in [5.41, 5.74) is -1.21. The van der Waals surface area contributed by atoms with Gasteiger partial charge in [0.1, 0.15) is 12.2 Å². The van der Waals surface area contributed by atoms with Crippen molar-refractivity contribution in [2.45, 2.75) is 31.5 Å². The Morgan fingerprint density at radius 1 is 1.38 bits per heavy atom. The molecule has 4 atom stereocenters. The summed E-state index contributed by atoms with van der Waals surface area (Å²) in [4.78, 5) is 24.3. The normalized spacial score (nSPS) is 34.2. The van der Waals surface area contributed by atoms with Crippen molar-refractivity contribution in [1.82, 2.24) is 9.55 Å². The highest BCUT2D eigenvalue weighted by molar-refractivity contribution is 4.91. The van der Waals surface area contributed by atoms with Crippen LogP contribution < -0.4 is 11.2 Å². The molecule has 1 saturated heterocycles. The summed E-state index contributed by atoms with van der Waals surface area (Å²) in [6, 6.07) is 1.15. The quantitative estimate of drug-likeness (QED) is 0.524. The molecule has 1 aromatic rings. The Morgan fingerprint density at radius 3 is 2.56 bits per heavy atom. The molecule has 16 heavy (non-hydrogen) atoms. The van der Waals surface area contributed by atoms with Crippen molar-refractivity contribution in [2.75, 3.05) is 0 Å². The fourth-order valence-corrected chi connectivity index (χ4v) is 1.69. The van der Waals surface area contributed by atoms with Crippen LogP contribution in [0.3, 0.4) is 0 Å². The van der Waals surface area contributed by atoms with Gasteiger partial charge in [0.2, 0.25) is 0 Å². The number of aromatic amines is 1. The van der Waals surface area contributed by atoms with Crippen LogP contribution in [0.4, 0.5) is 0 Å². The number of H-pyrrole nitrogens is 1. The van der Waals surface area contributed by atoms with Gasteiger partial charge in [0, 0.05) is 12.3 Å². The predicted molar refractivity (Wildman–Crippen MR) is 52.9 cm³/mol. The minimum atomic E-state index is -1.20. The zero-order valence-electron chi connectivity index (χ0n) is 8.53. The molecule has 88 valence electrons. The van der Waals surface area contributed by atoms with Gasteiger partial charge >= 0.3 is 5.69 Å². The predicted octanol–water partition coefficient (Wildman–Crippen LogP) is -1.82. The van der Waals surface area contributed by atoms with Gasteiger partial charge in [0.15, 0.2) is 6.23 Å². The molecule has 0 aromatic carbocycles. The number of aromatic nitrogens is 2. The molecule has 0 radical (unpaired) electrons. The van der Waals surface area contributed by atoms with Crippen LogP contribution in [0.5, 0.6) is 0 Å². The summed E-state index contributed by atoms with van der Waals surface area (Å²) in [5, 5.41) is 19.1. The maximum Gasteiger partial charge on any atom is 0.330 e. The van der Waals surface area contributed by atoms with Crippen LogP contribution in [0.2, 0.25) is 0 Å². The van der Waals surface area contributed by atoms with Gasteiger partial charge < -0.3 is 14.9 Å². The standard InChI is InChI=1S/C9H12N2O5/c1-4-6(13)7(14)8(16-4)11-3-2-5(12)10-9(11)15/h2-4,6-8,13-14H,1H3,(H,10,12,15). The lowest BCUT2D eigenvalue weighted by molar-refractivity contribution is -0.0351. The number of rotatable bonds is 1. The van der Waals surface area contributed by atoms with Gasteiger partial charge in [-0.3, -0.25) is 14.3 Å². The second-order valence-electron chi connectivity index (χ2n) is 3.73. The molecule has 7 heteroatoms. The fourth-order valence-electron chi connectivity index (χ4n) is 1.69. The Hall–Kier alpha value is -1.44.